The van der Waals surface area contributed by atoms with Crippen molar-refractivity contribution in [1.29, 1.82) is 0 Å². The van der Waals surface area contributed by atoms with Gasteiger partial charge < -0.3 is 14.2 Å². The van der Waals surface area contributed by atoms with E-state index in [-0.39, 0.29) is 0 Å². The van der Waals surface area contributed by atoms with Gasteiger partial charge in [0.1, 0.15) is 13.6 Å². The molecule has 3 aromatic rings. The summed E-state index contributed by atoms with van der Waals surface area (Å²) >= 11 is 1.44. The van der Waals surface area contributed by atoms with Gasteiger partial charge in [-0.1, -0.05) is 29.7 Å². The summed E-state index contributed by atoms with van der Waals surface area (Å²) in [6.07, 6.45) is 1.89. The Kier molecular flexibility index (Phi) is 4.76. The Morgan fingerprint density at radius 2 is 1.46 bits per heavy atom. The lowest BCUT2D eigenvalue weighted by Crippen LogP contribution is -1.99. The van der Waals surface area contributed by atoms with Crippen LogP contribution in [0.3, 0.4) is 0 Å². The molecule has 122 valence electrons. The van der Waals surface area contributed by atoms with Crippen LogP contribution in [0, 0.1) is 0 Å². The topological polar surface area (TPSA) is 40.6 Å². The molecule has 0 saturated heterocycles. The molecule has 0 amide bonds. The first kappa shape index (κ1) is 16.4. The minimum atomic E-state index is 0.638. The molecule has 3 rings (SSSR count). The minimum Gasteiger partial charge on any atom is -0.496 e. The number of methoxy groups -OCH3 is 3. The van der Waals surface area contributed by atoms with Crippen LogP contribution in [-0.2, 0) is 0 Å². The molecule has 0 fully saturated rings. The number of benzene rings is 2. The standard InChI is InChI=1S/C18H18BNO3S/c1-21-15-9-17(23-3)16(22-2)8-13(15)18-14(10-20-24-18)11-4-6-12(19)7-5-11/h4-10H,19H2,1-3H3. The third-order valence-corrected chi connectivity index (χ3v) is 4.72. The lowest BCUT2D eigenvalue weighted by molar-refractivity contribution is 0.349. The van der Waals surface area contributed by atoms with Crippen molar-refractivity contribution in [1.82, 2.24) is 4.37 Å². The molecule has 0 aliphatic carbocycles. The molecule has 0 radical (unpaired) electrons. The summed E-state index contributed by atoms with van der Waals surface area (Å²) in [6, 6.07) is 12.2. The highest BCUT2D eigenvalue weighted by atomic mass is 32.1. The Morgan fingerprint density at radius 3 is 2.08 bits per heavy atom. The molecule has 24 heavy (non-hydrogen) atoms. The average Bonchev–Trinajstić information content (AvgIpc) is 3.10. The van der Waals surface area contributed by atoms with Gasteiger partial charge in [0.15, 0.2) is 11.5 Å². The van der Waals surface area contributed by atoms with E-state index in [4.69, 9.17) is 14.2 Å². The molecule has 1 heterocycles. The summed E-state index contributed by atoms with van der Waals surface area (Å²) in [7, 11) is 6.97. The highest BCUT2D eigenvalue weighted by Gasteiger charge is 2.18. The molecular weight excluding hydrogens is 321 g/mol. The normalized spacial score (nSPS) is 10.5. The van der Waals surface area contributed by atoms with Crippen LogP contribution >= 0.6 is 11.5 Å². The van der Waals surface area contributed by atoms with Crippen LogP contribution in [0.1, 0.15) is 0 Å². The molecule has 1 aromatic heterocycles. The van der Waals surface area contributed by atoms with Crippen molar-refractivity contribution >= 4 is 24.8 Å². The number of ether oxygens (including phenoxy) is 3. The van der Waals surface area contributed by atoms with Gasteiger partial charge in [0.2, 0.25) is 0 Å². The molecule has 0 aliphatic rings. The van der Waals surface area contributed by atoms with Gasteiger partial charge in [0.05, 0.1) is 26.2 Å². The van der Waals surface area contributed by atoms with Crippen molar-refractivity contribution in [3.63, 3.8) is 0 Å². The first-order chi connectivity index (χ1) is 11.7. The van der Waals surface area contributed by atoms with Crippen LogP contribution in [0.2, 0.25) is 0 Å². The van der Waals surface area contributed by atoms with Crippen molar-refractivity contribution in [2.24, 2.45) is 0 Å². The van der Waals surface area contributed by atoms with Crippen LogP contribution in [0.5, 0.6) is 17.2 Å². The first-order valence-corrected chi connectivity index (χ1v) is 8.27. The maximum Gasteiger partial charge on any atom is 0.164 e. The zero-order valence-corrected chi connectivity index (χ0v) is 14.9. The molecule has 0 atom stereocenters. The van der Waals surface area contributed by atoms with Gasteiger partial charge in [-0.3, -0.25) is 0 Å². The lowest BCUT2D eigenvalue weighted by atomic mass is 9.93. The van der Waals surface area contributed by atoms with Crippen molar-refractivity contribution < 1.29 is 14.2 Å². The maximum atomic E-state index is 5.56. The van der Waals surface area contributed by atoms with E-state index in [1.54, 1.807) is 21.3 Å². The smallest absolute Gasteiger partial charge is 0.164 e. The third kappa shape index (κ3) is 2.97. The van der Waals surface area contributed by atoms with E-state index in [1.807, 2.05) is 18.3 Å². The number of hydrogen-bond donors (Lipinski definition) is 0. The maximum absolute atomic E-state index is 5.56. The molecule has 0 N–H and O–H groups in total. The summed E-state index contributed by atoms with van der Waals surface area (Å²) in [6.45, 7) is 0. The van der Waals surface area contributed by atoms with Crippen LogP contribution in [-0.4, -0.2) is 33.5 Å². The first-order valence-electron chi connectivity index (χ1n) is 7.50. The van der Waals surface area contributed by atoms with Crippen molar-refractivity contribution in [3.05, 3.63) is 42.6 Å². The van der Waals surface area contributed by atoms with Gasteiger partial charge >= 0.3 is 0 Å². The average molecular weight is 339 g/mol. The number of nitrogens with zero attached hydrogens (tertiary/aromatic N) is 1. The predicted molar refractivity (Wildman–Crippen MR) is 101 cm³/mol. The molecule has 0 aliphatic heterocycles. The van der Waals surface area contributed by atoms with Crippen molar-refractivity contribution in [2.45, 2.75) is 0 Å². The molecule has 0 saturated carbocycles. The summed E-state index contributed by atoms with van der Waals surface area (Å²) in [4.78, 5) is 1.04. The Bertz CT molecular complexity index is 846. The fraction of sp³-hybridized carbons (Fsp3) is 0.167. The second-order valence-corrected chi connectivity index (χ2v) is 6.14. The number of hydrogen-bond acceptors (Lipinski definition) is 5. The van der Waals surface area contributed by atoms with Gasteiger partial charge in [-0.25, -0.2) is 0 Å². The van der Waals surface area contributed by atoms with Crippen LogP contribution in [0.15, 0.2) is 42.6 Å². The second-order valence-electron chi connectivity index (χ2n) is 5.34. The Balaban J connectivity index is 2.16. The fourth-order valence-electron chi connectivity index (χ4n) is 2.58. The molecular formula is C18H18BNO3S. The van der Waals surface area contributed by atoms with Crippen LogP contribution < -0.4 is 19.7 Å². The quantitative estimate of drug-likeness (QED) is 0.671. The van der Waals surface area contributed by atoms with Crippen molar-refractivity contribution in [3.8, 4) is 38.8 Å². The molecule has 0 spiro atoms. The molecule has 4 nitrogen and oxygen atoms in total. The number of aromatic nitrogens is 1. The summed E-state index contributed by atoms with van der Waals surface area (Å²) in [5.41, 5.74) is 4.37. The predicted octanol–water partition coefficient (Wildman–Crippen LogP) is 2.76. The summed E-state index contributed by atoms with van der Waals surface area (Å²) in [5, 5.41) is 0. The van der Waals surface area contributed by atoms with Crippen molar-refractivity contribution in [2.75, 3.05) is 21.3 Å². The second kappa shape index (κ2) is 6.97. The highest BCUT2D eigenvalue weighted by molar-refractivity contribution is 7.10. The zero-order chi connectivity index (χ0) is 17.1. The fourth-order valence-corrected chi connectivity index (χ4v) is 3.37. The lowest BCUT2D eigenvalue weighted by Gasteiger charge is -2.14. The van der Waals surface area contributed by atoms with E-state index in [0.717, 1.165) is 27.3 Å². The van der Waals surface area contributed by atoms with Gasteiger partial charge in [0, 0.05) is 23.4 Å². The summed E-state index contributed by atoms with van der Waals surface area (Å²) in [5.74, 6) is 2.03. The molecule has 0 unspecified atom stereocenters. The highest BCUT2D eigenvalue weighted by Crippen LogP contribution is 2.44. The molecule has 0 bridgehead atoms. The van der Waals surface area contributed by atoms with E-state index >= 15 is 0 Å². The van der Waals surface area contributed by atoms with Crippen LogP contribution in [0.4, 0.5) is 0 Å². The largest absolute Gasteiger partial charge is 0.496 e. The summed E-state index contributed by atoms with van der Waals surface area (Å²) < 4.78 is 20.8. The minimum absolute atomic E-state index is 0.638. The zero-order valence-electron chi connectivity index (χ0n) is 14.1. The van der Waals surface area contributed by atoms with E-state index in [2.05, 4.69) is 36.5 Å². The molecule has 2 aromatic carbocycles. The van der Waals surface area contributed by atoms with Gasteiger partial charge in [0.25, 0.3) is 0 Å². The van der Waals surface area contributed by atoms with Gasteiger partial charge in [-0.2, -0.15) is 4.37 Å². The van der Waals surface area contributed by atoms with E-state index in [1.165, 1.54) is 17.0 Å². The van der Waals surface area contributed by atoms with Gasteiger partial charge in [-0.15, -0.1) is 0 Å². The third-order valence-electron chi connectivity index (χ3n) is 3.88. The SMILES string of the molecule is Bc1ccc(-c2cnsc2-c2cc(OC)c(OC)cc2OC)cc1. The Morgan fingerprint density at radius 1 is 0.833 bits per heavy atom. The van der Waals surface area contributed by atoms with E-state index in [9.17, 15) is 0 Å². The van der Waals surface area contributed by atoms with E-state index in [0.29, 0.717) is 11.5 Å². The Hall–Kier alpha value is -2.47. The molecule has 6 heteroatoms. The van der Waals surface area contributed by atoms with Gasteiger partial charge in [-0.05, 0) is 23.2 Å². The van der Waals surface area contributed by atoms with Crippen LogP contribution in [0.25, 0.3) is 21.6 Å². The monoisotopic (exact) mass is 339 g/mol. The van der Waals surface area contributed by atoms with E-state index < -0.39 is 0 Å². The number of rotatable bonds is 5. The Labute approximate surface area is 146 Å².